The number of Topliss-reactive ketones (excluding diaryl/α,β-unsaturated/α-hetero) is 1. The second-order valence-electron chi connectivity index (χ2n) is 2.81. The molecule has 16 heavy (non-hydrogen) atoms. The van der Waals surface area contributed by atoms with Gasteiger partial charge in [-0.05, 0) is 12.7 Å². The maximum absolute atomic E-state index is 10.2. The molecule has 0 aromatic rings. The first kappa shape index (κ1) is 26.6. The van der Waals surface area contributed by atoms with Gasteiger partial charge in [-0.25, -0.2) is 5.26 Å². The number of allylic oxidation sites excluding steroid dienone is 2. The van der Waals surface area contributed by atoms with Gasteiger partial charge in [0.1, 0.15) is 5.78 Å². The number of hydrogen-bond donors (Lipinski definition) is 0. The predicted molar refractivity (Wildman–Crippen MR) is 54.0 cm³/mol. The Morgan fingerprint density at radius 2 is 1.81 bits per heavy atom. The first-order valence-electron chi connectivity index (χ1n) is 4.17. The average molecular weight is 364 g/mol. The van der Waals surface area contributed by atoms with E-state index in [1.807, 2.05) is 6.07 Å². The third-order valence-corrected chi connectivity index (χ3v) is 1.05. The molecule has 0 saturated heterocycles. The second kappa shape index (κ2) is 19.4. The number of carbonyl (C=O) groups excluding carboxylic acids is 2. The van der Waals surface area contributed by atoms with Crippen molar-refractivity contribution in [3.63, 3.8) is 0 Å². The quantitative estimate of drug-likeness (QED) is 0.380. The smallest absolute Gasteiger partial charge is 0.407 e. The molecule has 0 radical (unpaired) electrons. The van der Waals surface area contributed by atoms with E-state index in [9.17, 15) is 9.59 Å². The minimum Gasteiger partial charge on any atom is -0.407 e. The SMILES string of the molecule is CC(=O)C[C-](C)C#N.C[C-]=CC(C)=O.[Rb+].[Rb+]. The van der Waals surface area contributed by atoms with Crippen LogP contribution < -0.4 is 116 Å². The Balaban J connectivity index is -0.0000000825. The number of carbonyl (C=O) groups is 2. The molecule has 0 amide bonds. The second-order valence-corrected chi connectivity index (χ2v) is 2.81. The number of nitriles is 1. The largest absolute Gasteiger partial charge is 1.00 e. The van der Waals surface area contributed by atoms with Crippen LogP contribution in [0.5, 0.6) is 0 Å². The van der Waals surface area contributed by atoms with Gasteiger partial charge in [-0.2, -0.15) is 13.0 Å². The van der Waals surface area contributed by atoms with E-state index in [-0.39, 0.29) is 128 Å². The van der Waals surface area contributed by atoms with Gasteiger partial charge in [-0.15, -0.1) is 13.0 Å². The maximum atomic E-state index is 10.2. The first-order chi connectivity index (χ1) is 6.43. The normalized spacial score (nSPS) is 7.44. The van der Waals surface area contributed by atoms with E-state index in [4.69, 9.17) is 5.26 Å². The summed E-state index contributed by atoms with van der Waals surface area (Å²) in [4.78, 5) is 20.2. The molecule has 0 saturated carbocycles. The van der Waals surface area contributed by atoms with E-state index in [1.54, 1.807) is 13.8 Å². The Kier molecular flexibility index (Phi) is 32.2. The summed E-state index contributed by atoms with van der Waals surface area (Å²) in [5.41, 5.74) is 0. The molecule has 0 unspecified atom stereocenters. The topological polar surface area (TPSA) is 57.9 Å². The van der Waals surface area contributed by atoms with Gasteiger partial charge >= 0.3 is 116 Å². The van der Waals surface area contributed by atoms with Crippen LogP contribution in [-0.2, 0) is 9.59 Å². The number of hydrogen-bond acceptors (Lipinski definition) is 3. The van der Waals surface area contributed by atoms with E-state index >= 15 is 0 Å². The summed E-state index contributed by atoms with van der Waals surface area (Å²) in [6, 6.07) is 1.89. The molecule has 78 valence electrons. The third-order valence-electron chi connectivity index (χ3n) is 1.05. The minimum atomic E-state index is 0. The van der Waals surface area contributed by atoms with Gasteiger partial charge < -0.3 is 9.59 Å². The Morgan fingerprint density at radius 1 is 1.38 bits per heavy atom. The molecule has 0 aliphatic carbocycles. The zero-order chi connectivity index (χ0) is 11.6. The van der Waals surface area contributed by atoms with Crippen molar-refractivity contribution in [2.75, 3.05) is 0 Å². The van der Waals surface area contributed by atoms with Crippen molar-refractivity contribution in [2.24, 2.45) is 0 Å². The summed E-state index contributed by atoms with van der Waals surface area (Å²) in [7, 11) is 0. The van der Waals surface area contributed by atoms with Crippen LogP contribution in [-0.4, -0.2) is 11.6 Å². The van der Waals surface area contributed by atoms with Crippen LogP contribution in [0.1, 0.15) is 34.1 Å². The van der Waals surface area contributed by atoms with Gasteiger partial charge in [0, 0.05) is 0 Å². The number of rotatable bonds is 3. The molecule has 0 N–H and O–H groups in total. The van der Waals surface area contributed by atoms with Crippen molar-refractivity contribution in [2.45, 2.75) is 34.1 Å². The van der Waals surface area contributed by atoms with E-state index in [0.717, 1.165) is 0 Å². The molecule has 0 aromatic heterocycles. The minimum absolute atomic E-state index is 0. The van der Waals surface area contributed by atoms with Crippen molar-refractivity contribution in [1.82, 2.24) is 0 Å². The van der Waals surface area contributed by atoms with Crippen LogP contribution in [0.3, 0.4) is 0 Å². The number of ketones is 2. The van der Waals surface area contributed by atoms with Crippen LogP contribution in [0, 0.1) is 23.3 Å². The molecule has 0 spiro atoms. The fraction of sp³-hybridized carbons (Fsp3) is 0.455. The van der Waals surface area contributed by atoms with Crippen LogP contribution in [0.15, 0.2) is 6.08 Å². The van der Waals surface area contributed by atoms with E-state index in [0.29, 0.717) is 12.3 Å². The fourth-order valence-electron chi connectivity index (χ4n) is 0.616. The molecular weight excluding hydrogens is 349 g/mol. The average Bonchev–Trinajstić information content (AvgIpc) is 2.03. The molecule has 0 aliphatic heterocycles. The maximum Gasteiger partial charge on any atom is 1.00 e. The van der Waals surface area contributed by atoms with Gasteiger partial charge in [0.05, 0.1) is 0 Å². The predicted octanol–water partition coefficient (Wildman–Crippen LogP) is -3.95. The zero-order valence-electron chi connectivity index (χ0n) is 11.0. The van der Waals surface area contributed by atoms with Crippen LogP contribution >= 0.6 is 0 Å². The summed E-state index contributed by atoms with van der Waals surface area (Å²) < 4.78 is 0. The fourth-order valence-corrected chi connectivity index (χ4v) is 0.616. The van der Waals surface area contributed by atoms with Crippen LogP contribution in [0.4, 0.5) is 0 Å². The molecule has 0 aromatic carbocycles. The molecule has 0 fully saturated rings. The van der Waals surface area contributed by atoms with E-state index in [2.05, 4.69) is 6.08 Å². The van der Waals surface area contributed by atoms with E-state index < -0.39 is 0 Å². The van der Waals surface area contributed by atoms with Crippen molar-refractivity contribution in [3.05, 3.63) is 18.1 Å². The Morgan fingerprint density at radius 3 is 1.88 bits per heavy atom. The summed E-state index contributed by atoms with van der Waals surface area (Å²) in [6.45, 7) is 6.32. The number of nitrogens with zero attached hydrogens (tertiary/aromatic N) is 1. The van der Waals surface area contributed by atoms with Crippen LogP contribution in [0.25, 0.3) is 0 Å². The summed E-state index contributed by atoms with van der Waals surface area (Å²) in [6.07, 6.45) is 4.30. The molecule has 0 heterocycles. The molecule has 0 rings (SSSR count). The summed E-state index contributed by atoms with van der Waals surface area (Å²) in [5.74, 6) is 0.680. The molecule has 3 nitrogen and oxygen atoms in total. The van der Waals surface area contributed by atoms with Gasteiger partial charge in [0.15, 0.2) is 0 Å². The summed E-state index contributed by atoms with van der Waals surface area (Å²) >= 11 is 0. The van der Waals surface area contributed by atoms with Gasteiger partial charge in [-0.1, -0.05) is 13.3 Å². The van der Waals surface area contributed by atoms with Gasteiger partial charge in [-0.3, -0.25) is 12.0 Å². The monoisotopic (exact) mass is 363 g/mol. The molecular formula is C11H15NO2Rb2. The zero-order valence-corrected chi connectivity index (χ0v) is 20.9. The van der Waals surface area contributed by atoms with Gasteiger partial charge in [0.25, 0.3) is 0 Å². The van der Waals surface area contributed by atoms with Crippen molar-refractivity contribution in [3.8, 4) is 6.07 Å². The van der Waals surface area contributed by atoms with Crippen molar-refractivity contribution >= 4 is 11.6 Å². The molecule has 0 aliphatic rings. The standard InChI is InChI=1S/C6H8NO.C5H7O.2Rb/c1-5(4-7)3-6(2)8;1-3-4-5(2)6;;/h3H2,1-2H3;4H,1-2H3;;/q2*-1;2*+1. The summed E-state index contributed by atoms with van der Waals surface area (Å²) in [5, 5.41) is 8.14. The molecule has 0 atom stereocenters. The van der Waals surface area contributed by atoms with Gasteiger partial charge in [0.2, 0.25) is 0 Å². The first-order valence-corrected chi connectivity index (χ1v) is 4.17. The Bertz CT molecular complexity index is 257. The Hall–Kier alpha value is 2.05. The molecule has 0 bridgehead atoms. The Labute approximate surface area is 196 Å². The van der Waals surface area contributed by atoms with Crippen molar-refractivity contribution in [1.29, 1.82) is 5.26 Å². The van der Waals surface area contributed by atoms with E-state index in [1.165, 1.54) is 19.9 Å². The third kappa shape index (κ3) is 29.8. The molecule has 5 heteroatoms. The van der Waals surface area contributed by atoms with Crippen molar-refractivity contribution < 1.29 is 126 Å². The van der Waals surface area contributed by atoms with Crippen LogP contribution in [0.2, 0.25) is 0 Å².